The van der Waals surface area contributed by atoms with Crippen LogP contribution < -0.4 is 16.4 Å². The third-order valence-electron chi connectivity index (χ3n) is 9.16. The van der Waals surface area contributed by atoms with E-state index in [0.29, 0.717) is 30.6 Å². The van der Waals surface area contributed by atoms with E-state index in [2.05, 4.69) is 20.7 Å². The van der Waals surface area contributed by atoms with Gasteiger partial charge in [0.15, 0.2) is 11.5 Å². The van der Waals surface area contributed by atoms with Gasteiger partial charge in [-0.2, -0.15) is 18.3 Å². The van der Waals surface area contributed by atoms with Crippen LogP contribution in [0.5, 0.6) is 0 Å². The number of aromatic nitrogens is 4. The Kier molecular flexibility index (Phi) is 10.6. The molecule has 1 aromatic carbocycles. The van der Waals surface area contributed by atoms with Gasteiger partial charge in [0, 0.05) is 63.6 Å². The molecule has 5 N–H and O–H groups in total. The summed E-state index contributed by atoms with van der Waals surface area (Å²) in [6.45, 7) is 0.716. The molecule has 2 aromatic heterocycles. The normalized spacial score (nSPS) is 21.1. The summed E-state index contributed by atoms with van der Waals surface area (Å²) in [5.41, 5.74) is 4.15. The molecule has 1 saturated heterocycles. The van der Waals surface area contributed by atoms with Gasteiger partial charge in [0.25, 0.3) is 24.2 Å². The zero-order valence-electron chi connectivity index (χ0n) is 27.3. The van der Waals surface area contributed by atoms with Crippen molar-refractivity contribution >= 4 is 41.6 Å². The van der Waals surface area contributed by atoms with Crippen LogP contribution in [0.1, 0.15) is 64.8 Å². The van der Waals surface area contributed by atoms with Gasteiger partial charge in [-0.05, 0) is 43.9 Å². The van der Waals surface area contributed by atoms with Gasteiger partial charge in [0.05, 0.1) is 28.0 Å². The lowest BCUT2D eigenvalue weighted by Crippen LogP contribution is -2.56. The van der Waals surface area contributed by atoms with Crippen molar-refractivity contribution in [2.75, 3.05) is 25.5 Å². The fraction of sp³-hybridized carbons (Fsp3) is 0.484. The minimum atomic E-state index is -4.94. The molecule has 3 heterocycles. The van der Waals surface area contributed by atoms with E-state index in [9.17, 15) is 36.3 Å². The van der Waals surface area contributed by atoms with Crippen LogP contribution in [-0.2, 0) is 18.0 Å². The van der Waals surface area contributed by atoms with Crippen LogP contribution in [0.4, 0.5) is 32.4 Å². The summed E-state index contributed by atoms with van der Waals surface area (Å²) in [6, 6.07) is 2.75. The predicted molar refractivity (Wildman–Crippen MR) is 172 cm³/mol. The number of rotatable bonds is 7. The summed E-state index contributed by atoms with van der Waals surface area (Å²) >= 11 is 6.45. The summed E-state index contributed by atoms with van der Waals surface area (Å²) in [5, 5.41) is 15.9. The molecule has 6 rings (SSSR count). The Morgan fingerprint density at radius 1 is 1.18 bits per heavy atom. The maximum absolute atomic E-state index is 13.8. The number of anilines is 1. The van der Waals surface area contributed by atoms with E-state index in [4.69, 9.17) is 27.2 Å². The van der Waals surface area contributed by atoms with Gasteiger partial charge in [0.1, 0.15) is 6.04 Å². The van der Waals surface area contributed by atoms with Crippen LogP contribution in [0.2, 0.25) is 5.02 Å². The van der Waals surface area contributed by atoms with Crippen molar-refractivity contribution in [2.24, 2.45) is 12.8 Å². The Morgan fingerprint density at radius 2 is 1.80 bits per heavy atom. The van der Waals surface area contributed by atoms with Crippen molar-refractivity contribution in [1.29, 1.82) is 0 Å². The molecule has 1 atom stereocenters. The number of piperidine rings is 1. The molecule has 1 aliphatic heterocycles. The van der Waals surface area contributed by atoms with Gasteiger partial charge in [-0.1, -0.05) is 11.6 Å². The quantitative estimate of drug-likeness (QED) is 0.205. The topological polar surface area (TPSA) is 181 Å². The molecular weight excluding hydrogens is 709 g/mol. The highest BCUT2D eigenvalue weighted by atomic mass is 35.5. The number of likely N-dealkylation sites (tertiary alicyclic amines) is 1. The van der Waals surface area contributed by atoms with Gasteiger partial charge in [-0.3, -0.25) is 19.1 Å². The average molecular weight is 744 g/mol. The van der Waals surface area contributed by atoms with E-state index in [0.717, 1.165) is 29.8 Å². The molecule has 1 unspecified atom stereocenters. The predicted octanol–water partition coefficient (Wildman–Crippen LogP) is 4.22. The summed E-state index contributed by atoms with van der Waals surface area (Å²) in [5.74, 6) is -4.55. The van der Waals surface area contributed by atoms with Crippen LogP contribution in [-0.4, -0.2) is 103 Å². The number of amides is 4. The molecule has 14 nitrogen and oxygen atoms in total. The zero-order chi connectivity index (χ0) is 37.4. The Labute approximate surface area is 292 Å². The standard InChI is InChI=1S/C30H33ClF5N9O3.CH2O2/c1-42(18-5-7-44(8-6-18)28(48)40-17-9-15(37)10-17)27(47)19-4-3-16(11-21(19)31)39-26(46)25-38-13-22(43(25)2)20-14-45(23-12-29(23,32)33)41-24(20)30(34,35)36;2-1-3/h3-4,11,13-15,17-18,23H,5-10,12,37H2,1-2H3,(H,39,46)(H,40,48);1H,(H,2,3). The smallest absolute Gasteiger partial charge is 0.435 e. The fourth-order valence-corrected chi connectivity index (χ4v) is 6.38. The number of carbonyl (C=O) groups is 4. The minimum absolute atomic E-state index is 0.0554. The lowest BCUT2D eigenvalue weighted by atomic mass is 9.88. The first-order valence-electron chi connectivity index (χ1n) is 15.8. The number of halogens is 6. The van der Waals surface area contributed by atoms with Gasteiger partial charge < -0.3 is 35.8 Å². The van der Waals surface area contributed by atoms with Crippen molar-refractivity contribution in [3.05, 3.63) is 52.7 Å². The van der Waals surface area contributed by atoms with Gasteiger partial charge in [0.2, 0.25) is 0 Å². The molecular formula is C31H35ClF5N9O5. The minimum Gasteiger partial charge on any atom is -0.483 e. The molecule has 4 amide bonds. The van der Waals surface area contributed by atoms with Crippen molar-refractivity contribution < 1.29 is 46.2 Å². The first-order valence-corrected chi connectivity index (χ1v) is 16.2. The Hall–Kier alpha value is -4.78. The van der Waals surface area contributed by atoms with E-state index in [-0.39, 0.29) is 64.3 Å². The lowest BCUT2D eigenvalue weighted by Gasteiger charge is -2.39. The first-order chi connectivity index (χ1) is 23.9. The number of urea groups is 1. The number of nitrogens with zero attached hydrogens (tertiary/aromatic N) is 6. The van der Waals surface area contributed by atoms with Gasteiger partial charge >= 0.3 is 12.2 Å². The molecule has 20 heteroatoms. The van der Waals surface area contributed by atoms with Crippen LogP contribution >= 0.6 is 11.6 Å². The molecule has 2 saturated carbocycles. The lowest BCUT2D eigenvalue weighted by molar-refractivity contribution is -0.141. The molecule has 0 radical (unpaired) electrons. The van der Waals surface area contributed by atoms with E-state index in [1.807, 2.05) is 0 Å². The summed E-state index contributed by atoms with van der Waals surface area (Å²) < 4.78 is 70.1. The molecule has 0 bridgehead atoms. The Bertz CT molecular complexity index is 1800. The number of nitrogens with two attached hydrogens (primary N) is 1. The molecule has 3 fully saturated rings. The third-order valence-corrected chi connectivity index (χ3v) is 9.47. The molecule has 0 spiro atoms. The first kappa shape index (κ1) is 37.5. The van der Waals surface area contributed by atoms with E-state index < -0.39 is 41.7 Å². The van der Waals surface area contributed by atoms with Crippen LogP contribution in [0.3, 0.4) is 0 Å². The number of hydrogen-bond donors (Lipinski definition) is 4. The summed E-state index contributed by atoms with van der Waals surface area (Å²) in [4.78, 5) is 54.6. The highest BCUT2D eigenvalue weighted by molar-refractivity contribution is 6.34. The number of imidazole rings is 1. The highest BCUT2D eigenvalue weighted by Crippen LogP contribution is 2.53. The Morgan fingerprint density at radius 3 is 2.35 bits per heavy atom. The van der Waals surface area contributed by atoms with Crippen molar-refractivity contribution in [1.82, 2.24) is 34.4 Å². The van der Waals surface area contributed by atoms with Crippen molar-refractivity contribution in [3.63, 3.8) is 0 Å². The van der Waals surface area contributed by atoms with Gasteiger partial charge in [-0.25, -0.2) is 18.6 Å². The van der Waals surface area contributed by atoms with Crippen LogP contribution in [0.25, 0.3) is 11.3 Å². The SMILES string of the molecule is CN(C(=O)c1ccc(NC(=O)c2ncc(-c3cn(C4CC4(F)F)nc3C(F)(F)F)n2C)cc1Cl)C1CCN(C(=O)NC2CC(N)C2)CC1.O=CO. The maximum atomic E-state index is 13.8. The number of carboxylic acid groups (broad SMARTS) is 1. The number of hydrogen-bond acceptors (Lipinski definition) is 7. The molecule has 276 valence electrons. The number of benzene rings is 1. The second-order valence-electron chi connectivity index (χ2n) is 12.6. The molecule has 51 heavy (non-hydrogen) atoms. The van der Waals surface area contributed by atoms with E-state index in [1.165, 1.54) is 25.2 Å². The van der Waals surface area contributed by atoms with Crippen molar-refractivity contribution in [3.8, 4) is 11.3 Å². The van der Waals surface area contributed by atoms with Crippen LogP contribution in [0, 0.1) is 0 Å². The number of carbonyl (C=O) groups excluding carboxylic acids is 3. The molecule has 3 aliphatic rings. The number of alkyl halides is 5. The van der Waals surface area contributed by atoms with Gasteiger partial charge in [-0.15, -0.1) is 0 Å². The van der Waals surface area contributed by atoms with Crippen molar-refractivity contribution in [2.45, 2.75) is 68.4 Å². The second-order valence-corrected chi connectivity index (χ2v) is 13.0. The zero-order valence-corrected chi connectivity index (χ0v) is 28.1. The molecule has 2 aliphatic carbocycles. The molecule has 3 aromatic rings. The summed E-state index contributed by atoms with van der Waals surface area (Å²) in [6.07, 6.45) is -0.969. The van der Waals surface area contributed by atoms with E-state index >= 15 is 0 Å². The second kappa shape index (κ2) is 14.5. The summed E-state index contributed by atoms with van der Waals surface area (Å²) in [7, 11) is 2.97. The highest BCUT2D eigenvalue weighted by Gasteiger charge is 2.59. The third kappa shape index (κ3) is 8.08. The van der Waals surface area contributed by atoms with Crippen LogP contribution in [0.15, 0.2) is 30.6 Å². The monoisotopic (exact) mass is 743 g/mol. The Balaban J connectivity index is 0.00000162. The maximum Gasteiger partial charge on any atom is 0.435 e. The average Bonchev–Trinajstić information content (AvgIpc) is 3.34. The number of nitrogens with one attached hydrogen (secondary N) is 2. The van der Waals surface area contributed by atoms with E-state index in [1.54, 1.807) is 16.8 Å². The fourth-order valence-electron chi connectivity index (χ4n) is 6.12. The largest absolute Gasteiger partial charge is 0.483 e.